The van der Waals surface area contributed by atoms with Gasteiger partial charge in [0.1, 0.15) is 0 Å². The fraction of sp³-hybridized carbons (Fsp3) is 0.316. The van der Waals surface area contributed by atoms with E-state index >= 15 is 0 Å². The van der Waals surface area contributed by atoms with Gasteiger partial charge >= 0.3 is 0 Å². The second-order valence-electron chi connectivity index (χ2n) is 4.05. The van der Waals surface area contributed by atoms with Crippen LogP contribution in [0.2, 0.25) is 0 Å². The summed E-state index contributed by atoms with van der Waals surface area (Å²) < 4.78 is 0. The lowest BCUT2D eigenvalue weighted by Gasteiger charge is -2.19. The molecule has 0 bridgehead atoms. The average Bonchev–Trinajstić information content (AvgIpc) is 2.58. The third-order valence-corrected chi connectivity index (χ3v) is 2.80. The number of hydrogen-bond donors (Lipinski definition) is 0. The summed E-state index contributed by atoms with van der Waals surface area (Å²) in [5.41, 5.74) is 4.15. The molecule has 0 saturated carbocycles. The molecule has 0 amide bonds. The van der Waals surface area contributed by atoms with E-state index in [9.17, 15) is 0 Å². The minimum absolute atomic E-state index is 0.686. The highest BCUT2D eigenvalue weighted by Gasteiger charge is 2.03. The quantitative estimate of drug-likeness (QED) is 0.707. The first-order chi connectivity index (χ1) is 10.2. The second kappa shape index (κ2) is 10.5. The summed E-state index contributed by atoms with van der Waals surface area (Å²) in [7, 11) is 2.02. The molecule has 0 aliphatic heterocycles. The van der Waals surface area contributed by atoms with Gasteiger partial charge in [-0.3, -0.25) is 0 Å². The molecule has 2 heteroatoms. The normalized spacial score (nSPS) is 8.43. The van der Waals surface area contributed by atoms with Crippen LogP contribution in [0.4, 0.5) is 11.4 Å². The van der Waals surface area contributed by atoms with Gasteiger partial charge in [0.2, 0.25) is 0 Å². The molecule has 0 spiro atoms. The van der Waals surface area contributed by atoms with Gasteiger partial charge in [0.05, 0.1) is 11.6 Å². The van der Waals surface area contributed by atoms with E-state index in [-0.39, 0.29) is 0 Å². The number of nitrogens with zero attached hydrogens (tertiary/aromatic N) is 2. The zero-order chi connectivity index (χ0) is 16.3. The smallest absolute Gasteiger partial charge is 0.0991 e. The summed E-state index contributed by atoms with van der Waals surface area (Å²) in [4.78, 5) is 2.10. The van der Waals surface area contributed by atoms with Crippen molar-refractivity contribution in [2.75, 3.05) is 11.9 Å². The van der Waals surface area contributed by atoms with Crippen molar-refractivity contribution in [1.82, 2.24) is 0 Å². The van der Waals surface area contributed by atoms with Crippen LogP contribution in [0.5, 0.6) is 0 Å². The molecule has 112 valence electrons. The third kappa shape index (κ3) is 5.71. The number of benzene rings is 2. The summed E-state index contributed by atoms with van der Waals surface area (Å²) in [6.45, 7) is 10.1. The van der Waals surface area contributed by atoms with Crippen LogP contribution in [0.1, 0.15) is 38.8 Å². The van der Waals surface area contributed by atoms with Crippen LogP contribution in [0.15, 0.2) is 48.5 Å². The molecule has 0 radical (unpaired) electrons. The Morgan fingerprint density at radius 1 is 0.762 bits per heavy atom. The third-order valence-electron chi connectivity index (χ3n) is 2.80. The lowest BCUT2D eigenvalue weighted by atomic mass is 10.2. The molecule has 2 nitrogen and oxygen atoms in total. The van der Waals surface area contributed by atoms with E-state index in [0.29, 0.717) is 5.56 Å². The Hall–Kier alpha value is -2.27. The Balaban J connectivity index is 0.000000921. The van der Waals surface area contributed by atoms with Crippen LogP contribution >= 0.6 is 0 Å². The largest absolute Gasteiger partial charge is 0.345 e. The molecule has 0 aliphatic rings. The van der Waals surface area contributed by atoms with Crippen LogP contribution in [0.3, 0.4) is 0 Å². The van der Waals surface area contributed by atoms with Crippen LogP contribution in [-0.2, 0) is 0 Å². The number of aryl methyl sites for hydroxylation is 1. The Morgan fingerprint density at radius 2 is 1.14 bits per heavy atom. The first-order valence-electron chi connectivity index (χ1n) is 7.51. The maximum absolute atomic E-state index is 8.75. The minimum atomic E-state index is 0.686. The highest BCUT2D eigenvalue weighted by atomic mass is 15.1. The lowest BCUT2D eigenvalue weighted by molar-refractivity contribution is 1.20. The van der Waals surface area contributed by atoms with Crippen molar-refractivity contribution in [2.24, 2.45) is 0 Å². The van der Waals surface area contributed by atoms with E-state index in [0.717, 1.165) is 11.4 Å². The van der Waals surface area contributed by atoms with Crippen molar-refractivity contribution in [2.45, 2.75) is 34.6 Å². The summed E-state index contributed by atoms with van der Waals surface area (Å²) in [6.07, 6.45) is 0. The summed E-state index contributed by atoms with van der Waals surface area (Å²) >= 11 is 0. The first-order valence-corrected chi connectivity index (χ1v) is 7.51. The number of hydrogen-bond acceptors (Lipinski definition) is 2. The molecule has 2 rings (SSSR count). The molecule has 0 N–H and O–H groups in total. The molecule has 21 heavy (non-hydrogen) atoms. The van der Waals surface area contributed by atoms with Crippen molar-refractivity contribution in [3.8, 4) is 6.07 Å². The molecule has 0 aliphatic carbocycles. The number of rotatable bonds is 2. The Kier molecular flexibility index (Phi) is 9.37. The fourth-order valence-corrected chi connectivity index (χ4v) is 1.68. The first kappa shape index (κ1) is 18.7. The van der Waals surface area contributed by atoms with Gasteiger partial charge in [-0.25, -0.2) is 0 Å². The van der Waals surface area contributed by atoms with Gasteiger partial charge in [0, 0.05) is 18.4 Å². The lowest BCUT2D eigenvalue weighted by Crippen LogP contribution is -2.08. The minimum Gasteiger partial charge on any atom is -0.345 e. The highest BCUT2D eigenvalue weighted by Crippen LogP contribution is 2.23. The Morgan fingerprint density at radius 3 is 1.52 bits per heavy atom. The molecular weight excluding hydrogens is 256 g/mol. The molecule has 0 atom stereocenters. The summed E-state index contributed by atoms with van der Waals surface area (Å²) in [5.74, 6) is 0. The van der Waals surface area contributed by atoms with E-state index in [4.69, 9.17) is 5.26 Å². The molecule has 0 heterocycles. The van der Waals surface area contributed by atoms with Crippen molar-refractivity contribution in [3.05, 3.63) is 59.7 Å². The molecule has 0 saturated heterocycles. The van der Waals surface area contributed by atoms with Gasteiger partial charge in [-0.1, -0.05) is 45.4 Å². The van der Waals surface area contributed by atoms with Gasteiger partial charge in [0.25, 0.3) is 0 Å². The SMILES string of the molecule is CC.CC.Cc1ccc(N(C)c2ccc(C#N)cc2)cc1. The van der Waals surface area contributed by atoms with Gasteiger partial charge in [0.15, 0.2) is 0 Å². The van der Waals surface area contributed by atoms with Gasteiger partial charge in [-0.15, -0.1) is 0 Å². The Labute approximate surface area is 129 Å². The van der Waals surface area contributed by atoms with Crippen molar-refractivity contribution in [3.63, 3.8) is 0 Å². The monoisotopic (exact) mass is 282 g/mol. The topological polar surface area (TPSA) is 27.0 Å². The zero-order valence-electron chi connectivity index (χ0n) is 14.0. The summed E-state index contributed by atoms with van der Waals surface area (Å²) in [5, 5.41) is 8.75. The highest BCUT2D eigenvalue weighted by molar-refractivity contribution is 5.63. The maximum Gasteiger partial charge on any atom is 0.0991 e. The van der Waals surface area contributed by atoms with Crippen LogP contribution in [0, 0.1) is 18.3 Å². The van der Waals surface area contributed by atoms with Crippen LogP contribution in [0.25, 0.3) is 0 Å². The van der Waals surface area contributed by atoms with Gasteiger partial charge < -0.3 is 4.90 Å². The van der Waals surface area contributed by atoms with Crippen molar-refractivity contribution < 1.29 is 0 Å². The molecule has 0 aromatic heterocycles. The molecule has 0 unspecified atom stereocenters. The molecule has 2 aromatic rings. The standard InChI is InChI=1S/C15H14N2.2C2H6/c1-12-3-7-14(8-4-12)17(2)15-9-5-13(11-16)6-10-15;2*1-2/h3-10H,1-2H3;2*1-2H3. The van der Waals surface area contributed by atoms with Crippen molar-refractivity contribution >= 4 is 11.4 Å². The predicted molar refractivity (Wildman–Crippen MR) is 93.1 cm³/mol. The number of anilines is 2. The summed E-state index contributed by atoms with van der Waals surface area (Å²) in [6, 6.07) is 18.1. The van der Waals surface area contributed by atoms with Gasteiger partial charge in [-0.05, 0) is 43.3 Å². The van der Waals surface area contributed by atoms with Crippen molar-refractivity contribution in [1.29, 1.82) is 5.26 Å². The van der Waals surface area contributed by atoms with Crippen LogP contribution < -0.4 is 4.90 Å². The van der Waals surface area contributed by atoms with E-state index in [1.54, 1.807) is 0 Å². The van der Waals surface area contributed by atoms with E-state index in [1.165, 1.54) is 5.56 Å². The van der Waals surface area contributed by atoms with E-state index in [1.807, 2.05) is 59.0 Å². The van der Waals surface area contributed by atoms with E-state index < -0.39 is 0 Å². The molecular formula is C19H26N2. The zero-order valence-corrected chi connectivity index (χ0v) is 14.0. The second-order valence-corrected chi connectivity index (χ2v) is 4.05. The van der Waals surface area contributed by atoms with Crippen LogP contribution in [-0.4, -0.2) is 7.05 Å². The molecule has 2 aromatic carbocycles. The number of nitriles is 1. The average molecular weight is 282 g/mol. The maximum atomic E-state index is 8.75. The Bertz CT molecular complexity index is 533. The predicted octanol–water partition coefficient (Wildman–Crippen LogP) is 5.69. The van der Waals surface area contributed by atoms with Gasteiger partial charge in [-0.2, -0.15) is 5.26 Å². The molecule has 0 fully saturated rings. The van der Waals surface area contributed by atoms with E-state index in [2.05, 4.69) is 42.2 Å². The fourth-order valence-electron chi connectivity index (χ4n) is 1.68.